The van der Waals surface area contributed by atoms with Gasteiger partial charge >= 0.3 is 0 Å². The van der Waals surface area contributed by atoms with Crippen LogP contribution >= 0.6 is 0 Å². The van der Waals surface area contributed by atoms with Crippen LogP contribution in [0, 0.1) is 92.7 Å². The summed E-state index contributed by atoms with van der Waals surface area (Å²) in [6.07, 6.45) is 8.38. The Morgan fingerprint density at radius 1 is 0.653 bits per heavy atom. The number of fused-ring (bicyclic) bond motifs is 5. The number of benzene rings is 2. The number of halogens is 10. The van der Waals surface area contributed by atoms with Crippen LogP contribution in [0.1, 0.15) is 83.3 Å². The van der Waals surface area contributed by atoms with Crippen LogP contribution in [0.2, 0.25) is 0 Å². The second-order valence-corrected chi connectivity index (χ2v) is 14.1. The van der Waals surface area contributed by atoms with Gasteiger partial charge in [-0.1, -0.05) is 29.7 Å². The van der Waals surface area contributed by atoms with E-state index < -0.39 is 82.5 Å². The molecule has 6 rings (SSSR count). The maximum atomic E-state index is 14.1. The Morgan fingerprint density at radius 2 is 1.18 bits per heavy atom. The highest BCUT2D eigenvalue weighted by molar-refractivity contribution is 5.96. The first-order valence-corrected chi connectivity index (χ1v) is 16.2. The van der Waals surface area contributed by atoms with Gasteiger partial charge in [-0.3, -0.25) is 0 Å². The summed E-state index contributed by atoms with van der Waals surface area (Å²) in [6, 6.07) is 0. The highest BCUT2D eigenvalue weighted by Gasteiger charge is 2.59. The van der Waals surface area contributed by atoms with Gasteiger partial charge in [-0.2, -0.15) is 0 Å². The fourth-order valence-corrected chi connectivity index (χ4v) is 9.33. The van der Waals surface area contributed by atoms with Gasteiger partial charge in [0.2, 0.25) is 11.6 Å². The van der Waals surface area contributed by atoms with Gasteiger partial charge in [0.1, 0.15) is 13.2 Å². The molecule has 2 aromatic carbocycles. The van der Waals surface area contributed by atoms with E-state index in [1.807, 2.05) is 6.08 Å². The first-order valence-electron chi connectivity index (χ1n) is 16.2. The van der Waals surface area contributed by atoms with E-state index in [2.05, 4.69) is 24.2 Å². The third-order valence-corrected chi connectivity index (χ3v) is 11.9. The zero-order chi connectivity index (χ0) is 35.6. The van der Waals surface area contributed by atoms with E-state index in [-0.39, 0.29) is 16.7 Å². The molecule has 4 nitrogen and oxygen atoms in total. The number of rotatable bonds is 7. The molecule has 4 aliphatic carbocycles. The summed E-state index contributed by atoms with van der Waals surface area (Å²) in [5, 5.41) is 8.05. The molecular formula is C35H34F10N2O2. The van der Waals surface area contributed by atoms with Crippen molar-refractivity contribution >= 4 is 11.4 Å². The second kappa shape index (κ2) is 12.9. The number of oxime groups is 2. The molecule has 3 fully saturated rings. The van der Waals surface area contributed by atoms with Crippen LogP contribution in [0.5, 0.6) is 0 Å². The Balaban J connectivity index is 1.12. The Morgan fingerprint density at radius 3 is 1.76 bits per heavy atom. The summed E-state index contributed by atoms with van der Waals surface area (Å²) in [4.78, 5) is 10.2. The van der Waals surface area contributed by atoms with E-state index in [0.717, 1.165) is 44.9 Å². The number of allylic oxidation sites excluding steroid dienone is 2. The van der Waals surface area contributed by atoms with Crippen LogP contribution < -0.4 is 0 Å². The lowest BCUT2D eigenvalue weighted by molar-refractivity contribution is -0.0413. The standard InChI is InChI=1S/C35H34F10N2O2/c1-15(46-48-13-19-24(36)28(40)32(44)29(41)25(19)37)21-6-7-22-18-5-4-16-12-17(8-10-34(16,2)23(18)9-11-35(21,22)3)47-49-14-20-26(38)30(42)33(45)31(43)27(20)39/h12,18,21-23H,4-11,13-14H2,1-3H3/b46-15+,47-17-/t18-,21?,22-,23-,34-,35+/m0/s1. The fraction of sp³-hybridized carbons (Fsp3) is 0.543. The molecule has 266 valence electrons. The number of nitrogens with zero attached hydrogens (tertiary/aromatic N) is 2. The molecule has 0 N–H and O–H groups in total. The summed E-state index contributed by atoms with van der Waals surface area (Å²) in [5.74, 6) is -19.3. The van der Waals surface area contributed by atoms with Crippen molar-refractivity contribution in [3.63, 3.8) is 0 Å². The van der Waals surface area contributed by atoms with Gasteiger partial charge in [0.15, 0.2) is 46.5 Å². The minimum atomic E-state index is -2.24. The van der Waals surface area contributed by atoms with E-state index >= 15 is 0 Å². The third-order valence-electron chi connectivity index (χ3n) is 11.9. The molecule has 1 unspecified atom stereocenters. The molecule has 0 radical (unpaired) electrons. The van der Waals surface area contributed by atoms with Crippen molar-refractivity contribution in [3.05, 3.63) is 80.9 Å². The Hall–Kier alpha value is -3.58. The van der Waals surface area contributed by atoms with Gasteiger partial charge in [0, 0.05) is 5.92 Å². The summed E-state index contributed by atoms with van der Waals surface area (Å²) >= 11 is 0. The molecule has 14 heteroatoms. The summed E-state index contributed by atoms with van der Waals surface area (Å²) in [5.41, 5.74) is -0.160. The lowest BCUT2D eigenvalue weighted by atomic mass is 9.46. The first kappa shape index (κ1) is 35.3. The third kappa shape index (κ3) is 5.70. The van der Waals surface area contributed by atoms with E-state index in [1.165, 1.54) is 5.57 Å². The van der Waals surface area contributed by atoms with E-state index in [0.29, 0.717) is 35.6 Å². The van der Waals surface area contributed by atoms with Crippen molar-refractivity contribution in [1.82, 2.24) is 0 Å². The predicted octanol–water partition coefficient (Wildman–Crippen LogP) is 10.1. The molecule has 3 saturated carbocycles. The average molecular weight is 705 g/mol. The molecule has 0 spiro atoms. The van der Waals surface area contributed by atoms with Gasteiger partial charge in [-0.15, -0.1) is 0 Å². The minimum Gasteiger partial charge on any atom is -0.391 e. The zero-order valence-corrected chi connectivity index (χ0v) is 26.9. The monoisotopic (exact) mass is 704 g/mol. The fourth-order valence-electron chi connectivity index (χ4n) is 9.33. The topological polar surface area (TPSA) is 43.2 Å². The van der Waals surface area contributed by atoms with E-state index in [9.17, 15) is 43.9 Å². The van der Waals surface area contributed by atoms with Crippen LogP contribution in [0.4, 0.5) is 43.9 Å². The van der Waals surface area contributed by atoms with Crippen LogP contribution in [-0.2, 0) is 22.9 Å². The SMILES string of the molecule is C/C(=N\OCc1c(F)c(F)c(F)c(F)c1F)C1CC[C@H]2[C@@H]3CCC4=C/C(=N\OCc5c(F)c(F)c(F)c(F)c5F)CC[C@]4(C)[C@H]3CC[C@]12C. The van der Waals surface area contributed by atoms with Gasteiger partial charge < -0.3 is 9.68 Å². The van der Waals surface area contributed by atoms with E-state index in [4.69, 9.17) is 9.68 Å². The van der Waals surface area contributed by atoms with Crippen molar-refractivity contribution in [3.8, 4) is 0 Å². The van der Waals surface area contributed by atoms with Gasteiger partial charge in [-0.25, -0.2) is 43.9 Å². The van der Waals surface area contributed by atoms with Crippen LogP contribution in [0.3, 0.4) is 0 Å². The van der Waals surface area contributed by atoms with E-state index in [1.54, 1.807) is 6.92 Å². The summed E-state index contributed by atoms with van der Waals surface area (Å²) < 4.78 is 137. The maximum Gasteiger partial charge on any atom is 0.200 e. The highest BCUT2D eigenvalue weighted by Crippen LogP contribution is 2.66. The molecular weight excluding hydrogens is 670 g/mol. The van der Waals surface area contributed by atoms with Crippen LogP contribution in [0.25, 0.3) is 0 Å². The lowest BCUT2D eigenvalue weighted by Crippen LogP contribution is -2.51. The van der Waals surface area contributed by atoms with Crippen molar-refractivity contribution in [2.75, 3.05) is 0 Å². The van der Waals surface area contributed by atoms with Crippen molar-refractivity contribution in [2.24, 2.45) is 44.8 Å². The second-order valence-electron chi connectivity index (χ2n) is 14.1. The largest absolute Gasteiger partial charge is 0.391 e. The number of hydrogen-bond acceptors (Lipinski definition) is 4. The Bertz CT molecular complexity index is 1720. The molecule has 0 saturated heterocycles. The normalized spacial score (nSPS) is 30.5. The molecule has 2 aromatic rings. The van der Waals surface area contributed by atoms with Gasteiger partial charge in [-0.05, 0) is 93.0 Å². The predicted molar refractivity (Wildman–Crippen MR) is 158 cm³/mol. The average Bonchev–Trinajstić information content (AvgIpc) is 3.45. The molecule has 0 bridgehead atoms. The summed E-state index contributed by atoms with van der Waals surface area (Å²) in [6.45, 7) is 4.36. The molecule has 4 aliphatic rings. The van der Waals surface area contributed by atoms with Gasteiger partial charge in [0.25, 0.3) is 0 Å². The molecule has 0 heterocycles. The van der Waals surface area contributed by atoms with Crippen LogP contribution in [-0.4, -0.2) is 11.4 Å². The zero-order valence-electron chi connectivity index (χ0n) is 26.9. The number of hydrogen-bond donors (Lipinski definition) is 0. The molecule has 0 aromatic heterocycles. The van der Waals surface area contributed by atoms with Gasteiger partial charge in [0.05, 0.1) is 22.6 Å². The minimum absolute atomic E-state index is 0.000416. The van der Waals surface area contributed by atoms with Crippen LogP contribution in [0.15, 0.2) is 22.0 Å². The van der Waals surface area contributed by atoms with Crippen molar-refractivity contribution < 1.29 is 53.6 Å². The Kier molecular flexibility index (Phi) is 9.32. The van der Waals surface area contributed by atoms with Crippen molar-refractivity contribution in [1.29, 1.82) is 0 Å². The smallest absolute Gasteiger partial charge is 0.200 e. The lowest BCUT2D eigenvalue weighted by Gasteiger charge is -2.58. The Labute approximate surface area is 276 Å². The highest BCUT2D eigenvalue weighted by atomic mass is 19.2. The van der Waals surface area contributed by atoms with Crippen molar-refractivity contribution in [2.45, 2.75) is 85.4 Å². The molecule has 49 heavy (non-hydrogen) atoms. The molecule has 0 amide bonds. The quantitative estimate of drug-likeness (QED) is 0.0947. The first-order chi connectivity index (χ1) is 23.1. The molecule has 0 aliphatic heterocycles. The summed E-state index contributed by atoms with van der Waals surface area (Å²) in [7, 11) is 0. The maximum absolute atomic E-state index is 14.1. The molecule has 6 atom stereocenters.